The van der Waals surface area contributed by atoms with Crippen LogP contribution >= 0.6 is 11.3 Å². The van der Waals surface area contributed by atoms with Crippen LogP contribution in [-0.2, 0) is 19.4 Å². The fraction of sp³-hybridized carbons (Fsp3) is 0.286. The van der Waals surface area contributed by atoms with Crippen LogP contribution in [0, 0.1) is 11.3 Å². The van der Waals surface area contributed by atoms with Crippen LogP contribution in [0.15, 0.2) is 54.0 Å². The van der Waals surface area contributed by atoms with Crippen LogP contribution in [0.3, 0.4) is 0 Å². The van der Waals surface area contributed by atoms with Gasteiger partial charge in [0, 0.05) is 30.2 Å². The summed E-state index contributed by atoms with van der Waals surface area (Å²) in [6, 6.07) is 16.1. The molecule has 0 bridgehead atoms. The van der Waals surface area contributed by atoms with Gasteiger partial charge in [-0.15, -0.1) is 11.3 Å². The molecular weight excluding hydrogens is 458 g/mol. The topological polar surface area (TPSA) is 67.5 Å². The van der Waals surface area contributed by atoms with Crippen molar-refractivity contribution >= 4 is 28.1 Å². The van der Waals surface area contributed by atoms with E-state index in [4.69, 9.17) is 9.47 Å². The van der Waals surface area contributed by atoms with Gasteiger partial charge in [-0.1, -0.05) is 24.3 Å². The van der Waals surface area contributed by atoms with Crippen LogP contribution in [0.1, 0.15) is 44.9 Å². The molecule has 4 aromatic rings. The summed E-state index contributed by atoms with van der Waals surface area (Å²) >= 11 is 1.47. The molecule has 1 amide bonds. The van der Waals surface area contributed by atoms with Gasteiger partial charge in [0.1, 0.15) is 10.9 Å². The Hall–Kier alpha value is -3.76. The van der Waals surface area contributed by atoms with Gasteiger partial charge in [-0.3, -0.25) is 4.79 Å². The maximum Gasteiger partial charge on any atom is 0.256 e. The van der Waals surface area contributed by atoms with Gasteiger partial charge < -0.3 is 18.9 Å². The molecule has 0 saturated carbocycles. The quantitative estimate of drug-likeness (QED) is 0.357. The summed E-state index contributed by atoms with van der Waals surface area (Å²) < 4.78 is 13.0. The third kappa shape index (κ3) is 3.94. The van der Waals surface area contributed by atoms with Crippen molar-refractivity contribution in [2.45, 2.75) is 32.4 Å². The molecule has 0 aliphatic carbocycles. The van der Waals surface area contributed by atoms with Gasteiger partial charge in [0.25, 0.3) is 5.91 Å². The smallest absolute Gasteiger partial charge is 0.256 e. The molecule has 2 aromatic heterocycles. The second kappa shape index (κ2) is 9.47. The zero-order valence-corrected chi connectivity index (χ0v) is 20.9. The third-order valence-electron chi connectivity index (χ3n) is 6.86. The molecule has 0 radical (unpaired) electrons. The van der Waals surface area contributed by atoms with Crippen molar-refractivity contribution in [3.05, 3.63) is 81.2 Å². The van der Waals surface area contributed by atoms with Crippen LogP contribution in [0.5, 0.6) is 11.5 Å². The number of nitrogens with zero attached hydrogens (tertiary/aromatic N) is 3. The summed E-state index contributed by atoms with van der Waals surface area (Å²) in [6.07, 6.45) is 3.28. The molecule has 2 aromatic carbocycles. The predicted octanol–water partition coefficient (Wildman–Crippen LogP) is 5.59. The highest BCUT2D eigenvalue weighted by Gasteiger charge is 2.35. The Morgan fingerprint density at radius 2 is 1.97 bits per heavy atom. The predicted molar refractivity (Wildman–Crippen MR) is 137 cm³/mol. The van der Waals surface area contributed by atoms with E-state index in [1.807, 2.05) is 52.9 Å². The Kier molecular flexibility index (Phi) is 6.23. The summed E-state index contributed by atoms with van der Waals surface area (Å²) in [4.78, 5) is 16.8. The van der Waals surface area contributed by atoms with Gasteiger partial charge >= 0.3 is 0 Å². The fourth-order valence-electron chi connectivity index (χ4n) is 5.11. The van der Waals surface area contributed by atoms with Gasteiger partial charge in [0.05, 0.1) is 25.8 Å². The standard InChI is InChI=1S/C28H27N3O3S/c1-4-30-16-21(19-7-5-6-8-23(19)30)28(32)31-12-11-20-22(17-35-27(20)15-29)24(31)13-18-9-10-25(33-2)26(14-18)34-3/h5-10,14,16-17,24H,4,11-13H2,1-3H3. The number of hydrogen-bond acceptors (Lipinski definition) is 5. The van der Waals surface area contributed by atoms with Gasteiger partial charge in [0.15, 0.2) is 11.5 Å². The lowest BCUT2D eigenvalue weighted by atomic mass is 9.90. The van der Waals surface area contributed by atoms with Crippen molar-refractivity contribution in [1.82, 2.24) is 9.47 Å². The number of ether oxygens (including phenoxy) is 2. The summed E-state index contributed by atoms with van der Waals surface area (Å²) in [5, 5.41) is 12.7. The van der Waals surface area contributed by atoms with E-state index in [1.165, 1.54) is 11.3 Å². The van der Waals surface area contributed by atoms with E-state index in [9.17, 15) is 10.1 Å². The third-order valence-corrected chi connectivity index (χ3v) is 7.81. The average Bonchev–Trinajstić information content (AvgIpc) is 3.50. The summed E-state index contributed by atoms with van der Waals surface area (Å²) in [6.45, 7) is 3.45. The molecule has 178 valence electrons. The monoisotopic (exact) mass is 485 g/mol. The number of carbonyl (C=O) groups excluding carboxylic acids is 1. The Balaban J connectivity index is 1.57. The first-order valence-corrected chi connectivity index (χ1v) is 12.6. The minimum atomic E-state index is -0.175. The number of aryl methyl sites for hydroxylation is 1. The molecule has 1 atom stereocenters. The van der Waals surface area contributed by atoms with Gasteiger partial charge in [-0.2, -0.15) is 5.26 Å². The van der Waals surface area contributed by atoms with Crippen LogP contribution < -0.4 is 9.47 Å². The number of benzene rings is 2. The average molecular weight is 486 g/mol. The molecule has 1 aliphatic rings. The number of carbonyl (C=O) groups is 1. The van der Waals surface area contributed by atoms with Gasteiger partial charge in [-0.05, 0) is 60.0 Å². The Bertz CT molecular complexity index is 1450. The second-order valence-corrected chi connectivity index (χ2v) is 9.49. The normalized spacial score (nSPS) is 15.0. The van der Waals surface area contributed by atoms with Crippen molar-refractivity contribution in [2.75, 3.05) is 20.8 Å². The highest BCUT2D eigenvalue weighted by molar-refractivity contribution is 7.10. The van der Waals surface area contributed by atoms with Crippen LogP contribution in [0.2, 0.25) is 0 Å². The van der Waals surface area contributed by atoms with Crippen molar-refractivity contribution in [2.24, 2.45) is 0 Å². The van der Waals surface area contributed by atoms with Crippen LogP contribution in [0.4, 0.5) is 0 Å². The van der Waals surface area contributed by atoms with Gasteiger partial charge in [-0.25, -0.2) is 0 Å². The lowest BCUT2D eigenvalue weighted by Crippen LogP contribution is -2.40. The van der Waals surface area contributed by atoms with E-state index in [2.05, 4.69) is 23.6 Å². The number of methoxy groups -OCH3 is 2. The number of thiophene rings is 1. The van der Waals surface area contributed by atoms with E-state index in [0.717, 1.165) is 44.6 Å². The first-order valence-electron chi connectivity index (χ1n) is 11.7. The van der Waals surface area contributed by atoms with Gasteiger partial charge in [0.2, 0.25) is 0 Å². The number of rotatable bonds is 6. The molecule has 7 heteroatoms. The van der Waals surface area contributed by atoms with E-state index < -0.39 is 0 Å². The maximum absolute atomic E-state index is 14.1. The van der Waals surface area contributed by atoms with E-state index >= 15 is 0 Å². The molecule has 3 heterocycles. The molecule has 6 nitrogen and oxygen atoms in total. The highest BCUT2D eigenvalue weighted by atomic mass is 32.1. The SMILES string of the molecule is CCn1cc(C(=O)N2CCc3c(csc3C#N)C2Cc2ccc(OC)c(OC)c2)c2ccccc21. The number of fused-ring (bicyclic) bond motifs is 2. The van der Waals surface area contributed by atoms with E-state index in [1.54, 1.807) is 14.2 Å². The summed E-state index contributed by atoms with van der Waals surface area (Å²) in [5.74, 6) is 1.35. The van der Waals surface area contributed by atoms with Crippen LogP contribution in [0.25, 0.3) is 10.9 Å². The Labute approximate surface area is 208 Å². The fourth-order valence-corrected chi connectivity index (χ4v) is 6.07. The first kappa shape index (κ1) is 23.0. The molecule has 0 fully saturated rings. The summed E-state index contributed by atoms with van der Waals surface area (Å²) in [7, 11) is 3.24. The van der Waals surface area contributed by atoms with E-state index in [0.29, 0.717) is 30.9 Å². The zero-order chi connectivity index (χ0) is 24.5. The lowest BCUT2D eigenvalue weighted by molar-refractivity contribution is 0.0662. The molecule has 1 aliphatic heterocycles. The molecule has 35 heavy (non-hydrogen) atoms. The highest BCUT2D eigenvalue weighted by Crippen LogP contribution is 2.40. The number of amides is 1. The Morgan fingerprint density at radius 3 is 2.71 bits per heavy atom. The maximum atomic E-state index is 14.1. The van der Waals surface area contributed by atoms with Crippen molar-refractivity contribution < 1.29 is 14.3 Å². The zero-order valence-electron chi connectivity index (χ0n) is 20.1. The molecule has 1 unspecified atom stereocenters. The summed E-state index contributed by atoms with van der Waals surface area (Å²) in [5.41, 5.74) is 4.97. The molecular formula is C28H27N3O3S. The van der Waals surface area contributed by atoms with Crippen LogP contribution in [-0.4, -0.2) is 36.1 Å². The lowest BCUT2D eigenvalue weighted by Gasteiger charge is -2.36. The first-order chi connectivity index (χ1) is 17.1. The minimum absolute atomic E-state index is 0.0224. The molecule has 0 saturated heterocycles. The number of aromatic nitrogens is 1. The largest absolute Gasteiger partial charge is 0.493 e. The molecule has 0 N–H and O–H groups in total. The van der Waals surface area contributed by atoms with Crippen molar-refractivity contribution in [3.63, 3.8) is 0 Å². The van der Waals surface area contributed by atoms with E-state index in [-0.39, 0.29) is 11.9 Å². The minimum Gasteiger partial charge on any atom is -0.493 e. The number of hydrogen-bond donors (Lipinski definition) is 0. The number of nitriles is 1. The molecule has 0 spiro atoms. The van der Waals surface area contributed by atoms with Crippen molar-refractivity contribution in [1.29, 1.82) is 5.26 Å². The molecule has 5 rings (SSSR count). The Morgan fingerprint density at radius 1 is 1.17 bits per heavy atom. The second-order valence-electron chi connectivity index (χ2n) is 8.61. The number of para-hydroxylation sites is 1. The van der Waals surface area contributed by atoms with Crippen molar-refractivity contribution in [3.8, 4) is 17.6 Å².